The predicted molar refractivity (Wildman–Crippen MR) is 86.6 cm³/mol. The lowest BCUT2D eigenvalue weighted by molar-refractivity contribution is -0.0328. The molecule has 0 aromatic heterocycles. The standard InChI is InChI=1S/C15H20BF3O4S/c1-13(2)14(3,4)23-16(22-13)11-8-10(24-15(17,18)19)6-7-12(11)21-9-20-5/h6-8H,9H2,1-5H3. The largest absolute Gasteiger partial charge is 0.498 e. The summed E-state index contributed by atoms with van der Waals surface area (Å²) in [6.45, 7) is 7.46. The van der Waals surface area contributed by atoms with Crippen molar-refractivity contribution in [1.29, 1.82) is 0 Å². The van der Waals surface area contributed by atoms with E-state index in [-0.39, 0.29) is 23.5 Å². The van der Waals surface area contributed by atoms with Crippen LogP contribution in [0.5, 0.6) is 5.75 Å². The van der Waals surface area contributed by atoms with Crippen LogP contribution in [-0.2, 0) is 14.0 Å². The Bertz CT molecular complexity index is 577. The van der Waals surface area contributed by atoms with Gasteiger partial charge < -0.3 is 18.8 Å². The summed E-state index contributed by atoms with van der Waals surface area (Å²) in [7, 11) is 0.637. The van der Waals surface area contributed by atoms with Crippen molar-refractivity contribution in [2.24, 2.45) is 0 Å². The highest BCUT2D eigenvalue weighted by Gasteiger charge is 2.52. The van der Waals surface area contributed by atoms with Crippen molar-refractivity contribution in [3.8, 4) is 5.75 Å². The Balaban J connectivity index is 2.36. The third-order valence-corrected chi connectivity index (χ3v) is 4.78. The van der Waals surface area contributed by atoms with E-state index in [4.69, 9.17) is 18.8 Å². The number of alkyl halides is 3. The van der Waals surface area contributed by atoms with Crippen LogP contribution in [0.2, 0.25) is 0 Å². The van der Waals surface area contributed by atoms with Crippen LogP contribution in [0.25, 0.3) is 0 Å². The molecule has 1 heterocycles. The van der Waals surface area contributed by atoms with E-state index < -0.39 is 23.8 Å². The Hall–Kier alpha value is -0.895. The quantitative estimate of drug-likeness (QED) is 0.454. The van der Waals surface area contributed by atoms with Gasteiger partial charge in [-0.1, -0.05) is 0 Å². The van der Waals surface area contributed by atoms with Gasteiger partial charge in [-0.3, -0.25) is 0 Å². The van der Waals surface area contributed by atoms with Gasteiger partial charge in [0.05, 0.1) is 11.2 Å². The summed E-state index contributed by atoms with van der Waals surface area (Å²) >= 11 is -0.192. The third kappa shape index (κ3) is 4.39. The second-order valence-corrected chi connectivity index (χ2v) is 7.52. The van der Waals surface area contributed by atoms with Crippen LogP contribution in [0.1, 0.15) is 27.7 Å². The van der Waals surface area contributed by atoms with Crippen LogP contribution in [0.15, 0.2) is 23.1 Å². The first kappa shape index (κ1) is 19.4. The third-order valence-electron chi connectivity index (χ3n) is 4.05. The maximum absolute atomic E-state index is 12.6. The smallest absolute Gasteiger partial charge is 0.468 e. The van der Waals surface area contributed by atoms with Gasteiger partial charge in [0.2, 0.25) is 0 Å². The van der Waals surface area contributed by atoms with Crippen LogP contribution in [0.4, 0.5) is 13.2 Å². The molecule has 1 fully saturated rings. The molecular formula is C15H20BF3O4S. The minimum atomic E-state index is -4.37. The van der Waals surface area contributed by atoms with Gasteiger partial charge in [0, 0.05) is 17.5 Å². The fourth-order valence-corrected chi connectivity index (χ4v) is 2.72. The molecule has 0 radical (unpaired) electrons. The summed E-state index contributed by atoms with van der Waals surface area (Å²) in [4.78, 5) is 0.0389. The van der Waals surface area contributed by atoms with E-state index in [0.717, 1.165) is 0 Å². The van der Waals surface area contributed by atoms with Gasteiger partial charge in [-0.05, 0) is 57.7 Å². The van der Waals surface area contributed by atoms with E-state index in [9.17, 15) is 13.2 Å². The van der Waals surface area contributed by atoms with Gasteiger partial charge in [0.15, 0.2) is 6.79 Å². The number of hydrogen-bond acceptors (Lipinski definition) is 5. The number of methoxy groups -OCH3 is 1. The highest BCUT2D eigenvalue weighted by molar-refractivity contribution is 8.00. The first-order valence-corrected chi connectivity index (χ1v) is 8.14. The van der Waals surface area contributed by atoms with Gasteiger partial charge in [-0.15, -0.1) is 0 Å². The topological polar surface area (TPSA) is 36.9 Å². The molecule has 0 saturated carbocycles. The Kier molecular flexibility index (Phi) is 5.49. The van der Waals surface area contributed by atoms with E-state index >= 15 is 0 Å². The van der Waals surface area contributed by atoms with Gasteiger partial charge in [-0.25, -0.2) is 0 Å². The van der Waals surface area contributed by atoms with E-state index in [2.05, 4.69) is 0 Å². The van der Waals surface area contributed by atoms with E-state index in [1.807, 2.05) is 27.7 Å². The Labute approximate surface area is 144 Å². The highest BCUT2D eigenvalue weighted by Crippen LogP contribution is 2.39. The lowest BCUT2D eigenvalue weighted by Gasteiger charge is -2.32. The van der Waals surface area contributed by atoms with Crippen molar-refractivity contribution in [2.45, 2.75) is 49.3 Å². The zero-order valence-electron chi connectivity index (χ0n) is 14.2. The summed E-state index contributed by atoms with van der Waals surface area (Å²) in [6, 6.07) is 4.19. The molecule has 0 unspecified atom stereocenters. The lowest BCUT2D eigenvalue weighted by atomic mass is 9.78. The summed E-state index contributed by atoms with van der Waals surface area (Å²) < 4.78 is 60.1. The minimum Gasteiger partial charge on any atom is -0.468 e. The molecule has 1 aliphatic rings. The fourth-order valence-electron chi connectivity index (χ4n) is 2.13. The van der Waals surface area contributed by atoms with Crippen molar-refractivity contribution >= 4 is 24.3 Å². The van der Waals surface area contributed by atoms with Crippen LogP contribution >= 0.6 is 11.8 Å². The monoisotopic (exact) mass is 364 g/mol. The first-order valence-electron chi connectivity index (χ1n) is 7.32. The number of rotatable bonds is 5. The maximum Gasteiger partial charge on any atom is 0.498 e. The molecule has 2 rings (SSSR count). The Morgan fingerprint density at radius 3 is 2.21 bits per heavy atom. The SMILES string of the molecule is COCOc1ccc(SC(F)(F)F)cc1B1OC(C)(C)C(C)(C)O1. The molecule has 0 amide bonds. The van der Waals surface area contributed by atoms with Crippen molar-refractivity contribution < 1.29 is 32.0 Å². The van der Waals surface area contributed by atoms with Crippen LogP contribution in [0, 0.1) is 0 Å². The molecule has 1 saturated heterocycles. The number of halogens is 3. The van der Waals surface area contributed by atoms with E-state index in [1.54, 1.807) is 0 Å². The van der Waals surface area contributed by atoms with Gasteiger partial charge in [-0.2, -0.15) is 13.2 Å². The molecule has 9 heteroatoms. The molecule has 0 aliphatic carbocycles. The Morgan fingerprint density at radius 2 is 1.71 bits per heavy atom. The zero-order chi connectivity index (χ0) is 18.2. The van der Waals surface area contributed by atoms with Gasteiger partial charge in [0.1, 0.15) is 5.75 Å². The molecule has 24 heavy (non-hydrogen) atoms. The molecule has 1 aliphatic heterocycles. The summed E-state index contributed by atoms with van der Waals surface area (Å²) in [5, 5.41) is 0. The van der Waals surface area contributed by atoms with Crippen molar-refractivity contribution in [3.63, 3.8) is 0 Å². The molecular weight excluding hydrogens is 344 g/mol. The fraction of sp³-hybridized carbons (Fsp3) is 0.600. The number of benzene rings is 1. The lowest BCUT2D eigenvalue weighted by Crippen LogP contribution is -2.41. The minimum absolute atomic E-state index is 0.0295. The maximum atomic E-state index is 12.6. The van der Waals surface area contributed by atoms with Crippen LogP contribution in [0.3, 0.4) is 0 Å². The van der Waals surface area contributed by atoms with Gasteiger partial charge in [0.25, 0.3) is 0 Å². The number of hydrogen-bond donors (Lipinski definition) is 0. The highest BCUT2D eigenvalue weighted by atomic mass is 32.2. The molecule has 4 nitrogen and oxygen atoms in total. The molecule has 0 spiro atoms. The molecule has 0 bridgehead atoms. The Morgan fingerprint density at radius 1 is 1.12 bits per heavy atom. The predicted octanol–water partition coefficient (Wildman–Crippen LogP) is 3.58. The summed E-state index contributed by atoms with van der Waals surface area (Å²) in [6.07, 6.45) is 0. The van der Waals surface area contributed by atoms with E-state index in [0.29, 0.717) is 11.2 Å². The average molecular weight is 364 g/mol. The second kappa shape index (κ2) is 6.78. The summed E-state index contributed by atoms with van der Waals surface area (Å²) in [5.74, 6) is 0.363. The van der Waals surface area contributed by atoms with Crippen LogP contribution in [-0.4, -0.2) is 37.7 Å². The molecule has 0 N–H and O–H groups in total. The van der Waals surface area contributed by atoms with Crippen LogP contribution < -0.4 is 10.2 Å². The number of thioether (sulfide) groups is 1. The molecule has 134 valence electrons. The molecule has 1 aromatic rings. The second-order valence-electron chi connectivity index (χ2n) is 6.39. The van der Waals surface area contributed by atoms with E-state index in [1.165, 1.54) is 25.3 Å². The number of ether oxygens (including phenoxy) is 2. The average Bonchev–Trinajstić information content (AvgIpc) is 2.64. The molecule has 1 aromatic carbocycles. The van der Waals surface area contributed by atoms with Crippen molar-refractivity contribution in [2.75, 3.05) is 13.9 Å². The normalized spacial score (nSPS) is 19.6. The zero-order valence-corrected chi connectivity index (χ0v) is 15.0. The van der Waals surface area contributed by atoms with Crippen molar-refractivity contribution in [1.82, 2.24) is 0 Å². The van der Waals surface area contributed by atoms with Crippen molar-refractivity contribution in [3.05, 3.63) is 18.2 Å². The van der Waals surface area contributed by atoms with Gasteiger partial charge >= 0.3 is 12.6 Å². The molecule has 0 atom stereocenters. The first-order chi connectivity index (χ1) is 11.0. The summed E-state index contributed by atoms with van der Waals surface area (Å²) in [5.41, 5.74) is -5.19.